The number of benzene rings is 4. The number of aromatic nitrogens is 5. The van der Waals surface area contributed by atoms with Gasteiger partial charge in [-0.05, 0) is 53.6 Å². The summed E-state index contributed by atoms with van der Waals surface area (Å²) in [5.74, 6) is 1.07. The van der Waals surface area contributed by atoms with Crippen LogP contribution in [0.15, 0.2) is 121 Å². The lowest BCUT2D eigenvalue weighted by Gasteiger charge is -2.11. The number of rotatable bonds is 4. The zero-order valence-electron chi connectivity index (χ0n) is 22.0. The maximum absolute atomic E-state index is 5.11. The molecule has 5 nitrogen and oxygen atoms in total. The largest absolute Gasteiger partial charge is 0.298 e. The number of para-hydroxylation sites is 3. The normalized spacial score (nSPS) is 11.7. The van der Waals surface area contributed by atoms with E-state index in [2.05, 4.69) is 101 Å². The van der Waals surface area contributed by atoms with Crippen molar-refractivity contribution in [3.8, 4) is 28.1 Å². The number of hydrogen-bond donors (Lipinski definition) is 0. The summed E-state index contributed by atoms with van der Waals surface area (Å²) in [6, 6.07) is 40.1. The van der Waals surface area contributed by atoms with Crippen LogP contribution in [-0.2, 0) is 6.42 Å². The first kappa shape index (κ1) is 22.7. The Kier molecular flexibility index (Phi) is 5.04. The number of aryl methyl sites for hydroxylation is 1. The molecular formula is C35H25N5. The zero-order valence-corrected chi connectivity index (χ0v) is 22.0. The van der Waals surface area contributed by atoms with Gasteiger partial charge in [-0.1, -0.05) is 79.7 Å². The molecule has 4 aromatic carbocycles. The molecule has 4 heterocycles. The van der Waals surface area contributed by atoms with E-state index in [4.69, 9.17) is 15.0 Å². The second-order valence-corrected chi connectivity index (χ2v) is 10.0. The van der Waals surface area contributed by atoms with Crippen molar-refractivity contribution in [1.29, 1.82) is 0 Å². The molecule has 0 saturated heterocycles. The second-order valence-electron chi connectivity index (χ2n) is 10.0. The molecule has 8 aromatic rings. The Morgan fingerprint density at radius 1 is 0.600 bits per heavy atom. The SMILES string of the molecule is CCc1nc2ccccc2n1-c1ccc(-c2ccc(-c3nc4ccccc4c4nc5ccccn5c34)cc2)cc1. The van der Waals surface area contributed by atoms with Crippen LogP contribution in [0.4, 0.5) is 0 Å². The maximum atomic E-state index is 5.11. The third-order valence-corrected chi connectivity index (χ3v) is 7.71. The molecule has 0 atom stereocenters. The van der Waals surface area contributed by atoms with E-state index in [-0.39, 0.29) is 0 Å². The van der Waals surface area contributed by atoms with Crippen molar-refractivity contribution < 1.29 is 0 Å². The van der Waals surface area contributed by atoms with Gasteiger partial charge in [0.1, 0.15) is 17.0 Å². The van der Waals surface area contributed by atoms with E-state index in [1.165, 1.54) is 5.56 Å². The molecule has 0 spiro atoms. The van der Waals surface area contributed by atoms with Gasteiger partial charge in [0.15, 0.2) is 0 Å². The van der Waals surface area contributed by atoms with Gasteiger partial charge in [0.2, 0.25) is 0 Å². The molecule has 190 valence electrons. The molecule has 4 aromatic heterocycles. The Bertz CT molecular complexity index is 2180. The summed E-state index contributed by atoms with van der Waals surface area (Å²) in [5.41, 5.74) is 11.5. The Hall–Kier alpha value is -5.29. The quantitative estimate of drug-likeness (QED) is 0.237. The smallest absolute Gasteiger partial charge is 0.137 e. The van der Waals surface area contributed by atoms with Gasteiger partial charge in [0.25, 0.3) is 0 Å². The van der Waals surface area contributed by atoms with Gasteiger partial charge >= 0.3 is 0 Å². The first-order valence-corrected chi connectivity index (χ1v) is 13.6. The third kappa shape index (κ3) is 3.45. The highest BCUT2D eigenvalue weighted by atomic mass is 15.1. The highest BCUT2D eigenvalue weighted by Crippen LogP contribution is 2.34. The molecule has 0 amide bonds. The average Bonchev–Trinajstić information content (AvgIpc) is 3.60. The first-order valence-electron chi connectivity index (χ1n) is 13.6. The van der Waals surface area contributed by atoms with E-state index >= 15 is 0 Å². The van der Waals surface area contributed by atoms with E-state index < -0.39 is 0 Å². The molecule has 0 aliphatic rings. The lowest BCUT2D eigenvalue weighted by Crippen LogP contribution is -1.99. The van der Waals surface area contributed by atoms with Crippen LogP contribution in [0.2, 0.25) is 0 Å². The van der Waals surface area contributed by atoms with Crippen LogP contribution in [0.25, 0.3) is 66.7 Å². The minimum Gasteiger partial charge on any atom is -0.298 e. The van der Waals surface area contributed by atoms with E-state index in [1.807, 2.05) is 36.4 Å². The van der Waals surface area contributed by atoms with Crippen molar-refractivity contribution in [1.82, 2.24) is 23.9 Å². The fourth-order valence-electron chi connectivity index (χ4n) is 5.78. The molecule has 0 saturated carbocycles. The minimum absolute atomic E-state index is 0.875. The van der Waals surface area contributed by atoms with Gasteiger partial charge < -0.3 is 0 Å². The van der Waals surface area contributed by atoms with Crippen molar-refractivity contribution >= 4 is 38.6 Å². The lowest BCUT2D eigenvalue weighted by atomic mass is 10.0. The molecule has 0 unspecified atom stereocenters. The Morgan fingerprint density at radius 3 is 2.08 bits per heavy atom. The molecule has 0 aliphatic carbocycles. The van der Waals surface area contributed by atoms with Gasteiger partial charge in [-0.25, -0.2) is 15.0 Å². The third-order valence-electron chi connectivity index (χ3n) is 7.71. The molecule has 0 aliphatic heterocycles. The fraction of sp³-hybridized carbons (Fsp3) is 0.0571. The van der Waals surface area contributed by atoms with E-state index in [1.54, 1.807) is 0 Å². The summed E-state index contributed by atoms with van der Waals surface area (Å²) < 4.78 is 4.40. The topological polar surface area (TPSA) is 48.0 Å². The van der Waals surface area contributed by atoms with Crippen LogP contribution in [0.5, 0.6) is 0 Å². The van der Waals surface area contributed by atoms with Gasteiger partial charge in [0, 0.05) is 29.3 Å². The van der Waals surface area contributed by atoms with Crippen molar-refractivity contribution in [2.45, 2.75) is 13.3 Å². The molecular weight excluding hydrogens is 490 g/mol. The number of nitrogens with zero attached hydrogens (tertiary/aromatic N) is 5. The van der Waals surface area contributed by atoms with Crippen molar-refractivity contribution in [2.24, 2.45) is 0 Å². The van der Waals surface area contributed by atoms with Gasteiger partial charge in [-0.15, -0.1) is 0 Å². The van der Waals surface area contributed by atoms with Crippen molar-refractivity contribution in [3.05, 3.63) is 127 Å². The summed E-state index contributed by atoms with van der Waals surface area (Å²) in [7, 11) is 0. The number of hydrogen-bond acceptors (Lipinski definition) is 3. The van der Waals surface area contributed by atoms with Crippen LogP contribution in [0.3, 0.4) is 0 Å². The van der Waals surface area contributed by atoms with Crippen molar-refractivity contribution in [2.75, 3.05) is 0 Å². The molecule has 0 bridgehead atoms. The summed E-state index contributed by atoms with van der Waals surface area (Å²) in [6.45, 7) is 2.15. The number of fused-ring (bicyclic) bond motifs is 6. The highest BCUT2D eigenvalue weighted by Gasteiger charge is 2.16. The van der Waals surface area contributed by atoms with Crippen LogP contribution < -0.4 is 0 Å². The lowest BCUT2D eigenvalue weighted by molar-refractivity contribution is 0.908. The van der Waals surface area contributed by atoms with Gasteiger partial charge in [-0.2, -0.15) is 0 Å². The Balaban J connectivity index is 1.20. The highest BCUT2D eigenvalue weighted by molar-refractivity contribution is 6.09. The predicted molar refractivity (Wildman–Crippen MR) is 163 cm³/mol. The molecule has 5 heteroatoms. The predicted octanol–water partition coefficient (Wildman–Crippen LogP) is 8.27. The van der Waals surface area contributed by atoms with Crippen LogP contribution in [0, 0.1) is 0 Å². The van der Waals surface area contributed by atoms with Crippen LogP contribution in [-0.4, -0.2) is 23.9 Å². The Labute approximate surface area is 231 Å². The summed E-state index contributed by atoms with van der Waals surface area (Å²) in [4.78, 5) is 14.9. The number of imidazole rings is 2. The van der Waals surface area contributed by atoms with E-state index in [0.717, 1.165) is 73.4 Å². The molecule has 0 fully saturated rings. The average molecular weight is 516 g/mol. The standard InChI is InChI=1S/C35H25N5/c1-2-31-36-29-11-5-6-12-30(29)40(31)26-20-18-24(19-21-26)23-14-16-25(17-15-23)33-35-34(27-9-3-4-10-28(27)37-33)38-32-13-7-8-22-39(32)35/h3-22H,2H2,1H3. The summed E-state index contributed by atoms with van der Waals surface area (Å²) in [5, 5.41) is 1.07. The van der Waals surface area contributed by atoms with E-state index in [9.17, 15) is 0 Å². The van der Waals surface area contributed by atoms with Gasteiger partial charge in [-0.3, -0.25) is 8.97 Å². The van der Waals surface area contributed by atoms with Crippen LogP contribution in [0.1, 0.15) is 12.7 Å². The molecule has 0 N–H and O–H groups in total. The second kappa shape index (κ2) is 8.89. The van der Waals surface area contributed by atoms with Gasteiger partial charge in [0.05, 0.1) is 27.8 Å². The molecule has 8 rings (SSSR count). The van der Waals surface area contributed by atoms with Crippen LogP contribution >= 0.6 is 0 Å². The zero-order chi connectivity index (χ0) is 26.6. The van der Waals surface area contributed by atoms with E-state index in [0.29, 0.717) is 0 Å². The first-order chi connectivity index (χ1) is 19.8. The molecule has 0 radical (unpaired) electrons. The minimum atomic E-state index is 0.875. The fourth-order valence-corrected chi connectivity index (χ4v) is 5.78. The number of pyridine rings is 2. The molecule has 40 heavy (non-hydrogen) atoms. The monoisotopic (exact) mass is 515 g/mol. The summed E-state index contributed by atoms with van der Waals surface area (Å²) >= 11 is 0. The summed E-state index contributed by atoms with van der Waals surface area (Å²) in [6.07, 6.45) is 2.94. The maximum Gasteiger partial charge on any atom is 0.137 e. The Morgan fingerprint density at radius 2 is 1.27 bits per heavy atom. The van der Waals surface area contributed by atoms with Crippen molar-refractivity contribution in [3.63, 3.8) is 0 Å².